The van der Waals surface area contributed by atoms with Gasteiger partial charge in [-0.1, -0.05) is 15.9 Å². The molecule has 7 N–H and O–H groups in total. The summed E-state index contributed by atoms with van der Waals surface area (Å²) in [5.41, 5.74) is 8.74. The Balaban J connectivity index is 0.000000196. The summed E-state index contributed by atoms with van der Waals surface area (Å²) in [5.74, 6) is -5.13. The number of halogens is 3. The molecule has 0 aliphatic carbocycles. The summed E-state index contributed by atoms with van der Waals surface area (Å²) in [4.78, 5) is 104. The standard InChI is InChI=1S/C15H21BFN3O2.C14H8N2O4.C11H15FN2O.C9H4O5.C5H6N2.C4H7BBrNO/c1-22-14-11-12(17)3-4-13(14)20-9-7-19(8-10-20)6-2-5-18-15(16)21;17-12-10-2-1-8(14(19)20)7-11(10)13(18)16(12)9-3-5-15-6-4-9;1-15-11-8-9(12)2-3-10(11)14-6-4-13-5-7-14;10-7(11)4-1-2-5-6(3-4)9(13)14-8(5)12;6-5-1-3-7-4-2-5;5-4(8)7-3-1-2-6/h3-4,11H,2,5-10H2,1H3,(H,18,21);1-7H,(H,19,20);2-3,8,13H,4-7H2,1H3;1-3H,(H,10,11);1-4H,(H2,6,7);1-3H2,(H,7,8). The van der Waals surface area contributed by atoms with E-state index >= 15 is 0 Å². The van der Waals surface area contributed by atoms with Gasteiger partial charge < -0.3 is 55.9 Å². The molecule has 4 aromatic carbocycles. The lowest BCUT2D eigenvalue weighted by atomic mass is 10.1. The van der Waals surface area contributed by atoms with Gasteiger partial charge in [0.05, 0.1) is 64.7 Å². The number of aromatic nitrogens is 2. The maximum atomic E-state index is 13.2. The Labute approximate surface area is 505 Å². The van der Waals surface area contributed by atoms with Crippen LogP contribution in [0.15, 0.2) is 122 Å². The largest absolute Gasteiger partial charge is 0.494 e. The number of nitrogen functional groups attached to an aromatic ring is 1. The lowest BCUT2D eigenvalue weighted by molar-refractivity contribution is 0.0442. The number of nitrogens with two attached hydrogens (primary N) is 1. The quantitative estimate of drug-likeness (QED) is 0.0180. The first-order valence-electron chi connectivity index (χ1n) is 26.4. The van der Waals surface area contributed by atoms with Gasteiger partial charge in [0.15, 0.2) is 27.3 Å². The molecule has 0 saturated carbocycles. The molecule has 86 heavy (non-hydrogen) atoms. The van der Waals surface area contributed by atoms with Crippen molar-refractivity contribution in [2.45, 2.75) is 12.8 Å². The molecular formula is C58H61B2BrF2N10O13. The van der Waals surface area contributed by atoms with Crippen LogP contribution in [-0.4, -0.2) is 180 Å². The maximum Gasteiger partial charge on any atom is 0.346 e. The molecule has 6 aromatic rings. The van der Waals surface area contributed by atoms with E-state index in [9.17, 15) is 47.1 Å². The van der Waals surface area contributed by atoms with Crippen molar-refractivity contribution in [3.8, 4) is 11.5 Å². The van der Waals surface area contributed by atoms with E-state index in [2.05, 4.69) is 61.3 Å². The van der Waals surface area contributed by atoms with Crippen LogP contribution in [-0.2, 0) is 4.74 Å². The van der Waals surface area contributed by atoms with Gasteiger partial charge in [-0.05, 0) is 104 Å². The maximum absolute atomic E-state index is 13.2. The fourth-order valence-electron chi connectivity index (χ4n) is 8.42. The van der Waals surface area contributed by atoms with Crippen LogP contribution >= 0.6 is 15.9 Å². The van der Waals surface area contributed by atoms with Crippen molar-refractivity contribution in [3.63, 3.8) is 0 Å². The third kappa shape index (κ3) is 20.5. The number of benzene rings is 4. The SMILES string of the molecule is COc1cc(F)ccc1N1CCNCC1.Nc1ccncc1.O=C(O)c1ccc2c(c1)C(=O)N(c1ccncc1)C2=O.O=C(O)c1ccc2c(c1)C(=O)OC2=O.[B]C(=O)NCCCBr.[B]C(=O)NCCCN1CCN(c2ccc(F)cc2OC)CC1. The topological polar surface area (TPSA) is 306 Å². The number of nitrogens with one attached hydrogen (secondary N) is 3. The van der Waals surface area contributed by atoms with Gasteiger partial charge in [-0.25, -0.2) is 32.9 Å². The van der Waals surface area contributed by atoms with E-state index in [1.54, 1.807) is 63.0 Å². The number of piperazine rings is 2. The molecule has 2 saturated heterocycles. The van der Waals surface area contributed by atoms with E-state index in [-0.39, 0.29) is 45.0 Å². The van der Waals surface area contributed by atoms with Gasteiger partial charge in [0.25, 0.3) is 11.8 Å². The number of esters is 2. The van der Waals surface area contributed by atoms with E-state index in [1.165, 1.54) is 67.0 Å². The van der Waals surface area contributed by atoms with Crippen LogP contribution in [0.5, 0.6) is 11.5 Å². The van der Waals surface area contributed by atoms with E-state index < -0.39 is 47.3 Å². The van der Waals surface area contributed by atoms with E-state index in [0.29, 0.717) is 30.3 Å². The van der Waals surface area contributed by atoms with Crippen LogP contribution in [0.3, 0.4) is 0 Å². The number of amides is 4. The van der Waals surface area contributed by atoms with Crippen molar-refractivity contribution in [1.82, 2.24) is 30.8 Å². The number of nitrogens with zero attached hydrogens (tertiary/aromatic N) is 6. The van der Waals surface area contributed by atoms with Gasteiger partial charge in [0.2, 0.25) is 0 Å². The number of carbonyl (C=O) groups is 8. The number of aromatic carboxylic acids is 2. The van der Waals surface area contributed by atoms with E-state index in [4.69, 9.17) is 41.1 Å². The number of hydrogen-bond donors (Lipinski definition) is 6. The number of carbonyl (C=O) groups excluding carboxylic acids is 6. The molecule has 4 radical (unpaired) electrons. The van der Waals surface area contributed by atoms with Crippen LogP contribution in [0.1, 0.15) is 75.0 Å². The first-order valence-corrected chi connectivity index (χ1v) is 27.6. The molecule has 4 aliphatic heterocycles. The Morgan fingerprint density at radius 2 is 1.09 bits per heavy atom. The number of methoxy groups -OCH3 is 2. The molecule has 4 amide bonds. The minimum absolute atomic E-state index is 0.00917. The lowest BCUT2D eigenvalue weighted by Gasteiger charge is -2.36. The predicted molar refractivity (Wildman–Crippen MR) is 322 cm³/mol. The van der Waals surface area contributed by atoms with Gasteiger partial charge in [-0.2, -0.15) is 0 Å². The molecule has 0 bridgehead atoms. The summed E-state index contributed by atoms with van der Waals surface area (Å²) in [5, 5.41) is 26.8. The highest BCUT2D eigenvalue weighted by Gasteiger charge is 2.37. The van der Waals surface area contributed by atoms with Crippen LogP contribution in [0, 0.1) is 11.6 Å². The number of alkyl halides is 1. The number of rotatable bonds is 14. The number of cyclic esters (lactones) is 2. The summed E-state index contributed by atoms with van der Waals surface area (Å²) in [7, 11) is 12.9. The highest BCUT2D eigenvalue weighted by molar-refractivity contribution is 9.09. The molecule has 0 atom stereocenters. The fourth-order valence-corrected chi connectivity index (χ4v) is 8.70. The minimum atomic E-state index is -1.15. The summed E-state index contributed by atoms with van der Waals surface area (Å²) in [6.07, 6.45) is 8.07. The molecule has 28 heteroatoms. The van der Waals surface area contributed by atoms with Crippen LogP contribution in [0.2, 0.25) is 0 Å². The summed E-state index contributed by atoms with van der Waals surface area (Å²) in [6, 6.07) is 23.4. The Kier molecular flexibility index (Phi) is 27.1. The molecule has 0 unspecified atom stereocenters. The van der Waals surface area contributed by atoms with Crippen molar-refractivity contribution < 1.29 is 71.6 Å². The summed E-state index contributed by atoms with van der Waals surface area (Å²) >= 11 is 3.21. The number of anilines is 4. The summed E-state index contributed by atoms with van der Waals surface area (Å²) < 4.78 is 41.0. The number of pyridine rings is 2. The lowest BCUT2D eigenvalue weighted by Crippen LogP contribution is -2.47. The molecule has 2 aromatic heterocycles. The molecule has 0 spiro atoms. The Morgan fingerprint density at radius 1 is 0.628 bits per heavy atom. The Hall–Kier alpha value is -9.27. The molecule has 6 heterocycles. The van der Waals surface area contributed by atoms with Crippen molar-refractivity contribution in [2.24, 2.45) is 0 Å². The highest BCUT2D eigenvalue weighted by Crippen LogP contribution is 2.32. The van der Waals surface area contributed by atoms with Crippen molar-refractivity contribution in [1.29, 1.82) is 0 Å². The zero-order valence-electron chi connectivity index (χ0n) is 46.9. The molecule has 448 valence electrons. The third-order valence-electron chi connectivity index (χ3n) is 12.7. The zero-order chi connectivity index (χ0) is 62.7. The van der Waals surface area contributed by atoms with Gasteiger partial charge in [0.1, 0.15) is 23.1 Å². The van der Waals surface area contributed by atoms with E-state index in [0.717, 1.165) is 105 Å². The zero-order valence-corrected chi connectivity index (χ0v) is 48.5. The average Bonchev–Trinajstić information content (AvgIpc) is 2.30. The molecule has 4 aliphatic rings. The smallest absolute Gasteiger partial charge is 0.346 e. The van der Waals surface area contributed by atoms with Crippen LogP contribution in [0.25, 0.3) is 0 Å². The van der Waals surface area contributed by atoms with Gasteiger partial charge in [0, 0.05) is 113 Å². The van der Waals surface area contributed by atoms with Gasteiger partial charge in [-0.3, -0.25) is 34.0 Å². The van der Waals surface area contributed by atoms with Gasteiger partial charge >= 0.3 is 23.9 Å². The average molecular weight is 1250 g/mol. The Morgan fingerprint density at radius 3 is 1.57 bits per heavy atom. The Bertz CT molecular complexity index is 3310. The van der Waals surface area contributed by atoms with Crippen molar-refractivity contribution in [2.75, 3.05) is 112 Å². The molecule has 10 rings (SSSR count). The van der Waals surface area contributed by atoms with Crippen molar-refractivity contribution in [3.05, 3.63) is 167 Å². The second-order valence-electron chi connectivity index (χ2n) is 18.4. The second-order valence-corrected chi connectivity index (χ2v) is 19.2. The van der Waals surface area contributed by atoms with Crippen molar-refractivity contribution >= 4 is 102 Å². The minimum Gasteiger partial charge on any atom is -0.494 e. The fraction of sp³-hybridized carbons (Fsp3) is 0.276. The second kappa shape index (κ2) is 34.5. The van der Waals surface area contributed by atoms with Crippen LogP contribution < -0.4 is 45.9 Å². The molecule has 23 nitrogen and oxygen atoms in total. The number of carboxylic acid groups (broad SMARTS) is 2. The number of carboxylic acids is 2. The normalized spacial score (nSPS) is 13.8. The predicted octanol–water partition coefficient (Wildman–Crippen LogP) is 6.06. The first-order chi connectivity index (χ1) is 41.3. The van der Waals surface area contributed by atoms with Gasteiger partial charge in [-0.15, -0.1) is 0 Å². The number of fused-ring (bicyclic) bond motifs is 2. The molecular weight excluding hydrogens is 1180 g/mol. The monoisotopic (exact) mass is 1240 g/mol. The number of ether oxygens (including phenoxy) is 3. The molecule has 2 fully saturated rings. The third-order valence-corrected chi connectivity index (χ3v) is 13.2. The van der Waals surface area contributed by atoms with E-state index in [1.807, 2.05) is 0 Å². The first kappa shape index (κ1) is 67.5. The number of imide groups is 1. The van der Waals surface area contributed by atoms with Crippen LogP contribution in [0.4, 0.5) is 41.1 Å². The summed E-state index contributed by atoms with van der Waals surface area (Å²) in [6.45, 7) is 9.55. The highest BCUT2D eigenvalue weighted by atomic mass is 79.9. The number of hydrogen-bond acceptors (Lipinski definition) is 18.